The van der Waals surface area contributed by atoms with Crippen LogP contribution in [0.1, 0.15) is 64.5 Å². The number of amides is 5. The number of sulfonamides is 1. The highest BCUT2D eigenvalue weighted by atomic mass is 32.2. The van der Waals surface area contributed by atoms with E-state index in [1.54, 1.807) is 45.9 Å². The summed E-state index contributed by atoms with van der Waals surface area (Å²) in [6, 6.07) is 1.45. The summed E-state index contributed by atoms with van der Waals surface area (Å²) in [5.74, 6) is -4.72. The zero-order chi connectivity index (χ0) is 40.3. The van der Waals surface area contributed by atoms with Crippen molar-refractivity contribution in [3.63, 3.8) is 0 Å². The summed E-state index contributed by atoms with van der Waals surface area (Å²) < 4.78 is 58.1. The lowest BCUT2D eigenvalue weighted by molar-refractivity contribution is -0.145. The van der Waals surface area contributed by atoms with Crippen LogP contribution >= 0.6 is 0 Å². The van der Waals surface area contributed by atoms with Crippen molar-refractivity contribution in [3.05, 3.63) is 72.1 Å². The van der Waals surface area contributed by atoms with Gasteiger partial charge in [-0.3, -0.25) is 24.0 Å². The van der Waals surface area contributed by atoms with E-state index in [0.717, 1.165) is 11.0 Å². The van der Waals surface area contributed by atoms with Crippen molar-refractivity contribution in [2.75, 3.05) is 13.2 Å². The van der Waals surface area contributed by atoms with E-state index in [4.69, 9.17) is 14.2 Å². The summed E-state index contributed by atoms with van der Waals surface area (Å²) in [7, 11) is -3.99. The van der Waals surface area contributed by atoms with E-state index in [2.05, 4.69) is 21.9 Å². The summed E-state index contributed by atoms with van der Waals surface area (Å²) in [6.07, 6.45) is 4.70. The highest BCUT2D eigenvalue weighted by Gasteiger charge is 2.62. The van der Waals surface area contributed by atoms with Gasteiger partial charge in [-0.15, -0.1) is 6.58 Å². The van der Waals surface area contributed by atoms with Crippen molar-refractivity contribution in [1.29, 1.82) is 0 Å². The molecule has 3 N–H and O–H groups in total. The minimum atomic E-state index is -3.99. The normalized spacial score (nSPS) is 23.8. The van der Waals surface area contributed by atoms with Gasteiger partial charge in [0.1, 0.15) is 41.8 Å². The molecule has 1 aromatic rings. The lowest BCUT2D eigenvalue weighted by Gasteiger charge is -2.30. The molecular formula is C37H46FN5O11S. The van der Waals surface area contributed by atoms with Crippen LogP contribution in [0.4, 0.5) is 14.0 Å². The lowest BCUT2D eigenvalue weighted by atomic mass is 10.1. The summed E-state index contributed by atoms with van der Waals surface area (Å²) >= 11 is 0. The zero-order valence-corrected chi connectivity index (χ0v) is 31.9. The Balaban J connectivity index is 1.39. The Kier molecular flexibility index (Phi) is 12.1. The molecule has 0 aromatic heterocycles. The van der Waals surface area contributed by atoms with Gasteiger partial charge >= 0.3 is 18.2 Å². The van der Waals surface area contributed by atoms with Gasteiger partial charge in [0.05, 0.1) is 18.3 Å². The number of alkyl carbamates (subject to hydrolysis) is 1. The predicted molar refractivity (Wildman–Crippen MR) is 193 cm³/mol. The number of hydrogen-bond acceptors (Lipinski definition) is 11. The second-order valence-electron chi connectivity index (χ2n) is 14.9. The Hall–Kier alpha value is -5.26. The third kappa shape index (κ3) is 9.89. The van der Waals surface area contributed by atoms with Crippen molar-refractivity contribution in [2.24, 2.45) is 5.92 Å². The lowest BCUT2D eigenvalue weighted by Crippen LogP contribution is -2.59. The van der Waals surface area contributed by atoms with E-state index in [1.807, 2.05) is 0 Å². The van der Waals surface area contributed by atoms with E-state index in [1.165, 1.54) is 29.2 Å². The number of nitrogens with one attached hydrogen (secondary N) is 3. The highest BCUT2D eigenvalue weighted by molar-refractivity contribution is 7.91. The molecule has 1 saturated heterocycles. The molecule has 5 amide bonds. The molecule has 2 saturated carbocycles. The minimum Gasteiger partial charge on any atom is -0.460 e. The maximum Gasteiger partial charge on any atom is 0.410 e. The fourth-order valence-electron chi connectivity index (χ4n) is 6.40. The molecule has 4 aliphatic rings. The van der Waals surface area contributed by atoms with Crippen LogP contribution in [-0.2, 0) is 56.5 Å². The number of carbonyl (C=O) groups excluding carboxylic acids is 6. The summed E-state index contributed by atoms with van der Waals surface area (Å²) in [6.45, 7) is 9.15. The molecule has 2 aliphatic heterocycles. The largest absolute Gasteiger partial charge is 0.460 e. The second kappa shape index (κ2) is 16.2. The van der Waals surface area contributed by atoms with Crippen molar-refractivity contribution in [1.82, 2.24) is 25.2 Å². The topological polar surface area (TPSA) is 207 Å². The third-order valence-electron chi connectivity index (χ3n) is 9.47. The van der Waals surface area contributed by atoms with Crippen LogP contribution in [0.25, 0.3) is 0 Å². The Morgan fingerprint density at radius 2 is 1.84 bits per heavy atom. The summed E-state index contributed by atoms with van der Waals surface area (Å²) in [5.41, 5.74) is -1.75. The first-order chi connectivity index (χ1) is 25.9. The molecule has 0 spiro atoms. The van der Waals surface area contributed by atoms with E-state index < -0.39 is 98.8 Å². The number of carbonyl (C=O) groups is 6. The molecule has 0 radical (unpaired) electrons. The van der Waals surface area contributed by atoms with Crippen LogP contribution in [0, 0.1) is 11.7 Å². The Morgan fingerprint density at radius 1 is 1.11 bits per heavy atom. The quantitative estimate of drug-likeness (QED) is 0.0871. The standard InChI is InChI=1S/C37H46FN5O11S/c1-6-8-9-13-30(44)52-21-28(39-34(48)54-36(3,4)5)32(46)43-19-24(53-35(49)42-18-22-11-10-12-27(38)26(22)20-42)16-29(43)31(45)40-37(17-23(37)7-2)33(47)41-55(50,51)25-14-15-25/h6-13,23-25,28-29H,2,14-21H2,1,3-5H3,(H,39,48)(H,40,45)(H,41,47)/b8-6+,13-9+/t23-,24-,28-,29+,37-/m1/s1. The summed E-state index contributed by atoms with van der Waals surface area (Å²) in [4.78, 5) is 82.8. The van der Waals surface area contributed by atoms with Crippen LogP contribution in [0.5, 0.6) is 0 Å². The number of allylic oxidation sites excluding steroid dienone is 3. The molecule has 55 heavy (non-hydrogen) atoms. The average Bonchev–Trinajstić information content (AvgIpc) is 4.00. The van der Waals surface area contributed by atoms with E-state index in [-0.39, 0.29) is 32.5 Å². The van der Waals surface area contributed by atoms with E-state index in [9.17, 15) is 41.6 Å². The molecule has 2 heterocycles. The monoisotopic (exact) mass is 787 g/mol. The van der Waals surface area contributed by atoms with Crippen molar-refractivity contribution in [2.45, 2.75) is 101 Å². The molecule has 3 fully saturated rings. The SMILES string of the molecule is C=C[C@@H]1C[C@]1(NC(=O)[C@@H]1C[C@@H](OC(=O)N2Cc3cccc(F)c3C2)CN1C(=O)[C@@H](COC(=O)/C=C/C=C/C)NC(=O)OC(C)(C)C)C(=O)NS(=O)(=O)C1CC1. The molecule has 1 aromatic carbocycles. The van der Waals surface area contributed by atoms with Gasteiger partial charge in [0.25, 0.3) is 5.91 Å². The maximum absolute atomic E-state index is 14.4. The van der Waals surface area contributed by atoms with Gasteiger partial charge in [0, 0.05) is 30.5 Å². The highest BCUT2D eigenvalue weighted by Crippen LogP contribution is 2.45. The van der Waals surface area contributed by atoms with Gasteiger partial charge in [-0.25, -0.2) is 27.2 Å². The number of fused-ring (bicyclic) bond motifs is 1. The first kappa shape index (κ1) is 40.9. The molecule has 0 unspecified atom stereocenters. The van der Waals surface area contributed by atoms with Crippen LogP contribution in [0.2, 0.25) is 0 Å². The fraction of sp³-hybridized carbons (Fsp3) is 0.514. The maximum atomic E-state index is 14.4. The molecule has 298 valence electrons. The van der Waals surface area contributed by atoms with Gasteiger partial charge in [0.2, 0.25) is 21.8 Å². The molecule has 16 nitrogen and oxygen atoms in total. The summed E-state index contributed by atoms with van der Waals surface area (Å²) in [5, 5.41) is 4.30. The Labute approximate surface area is 318 Å². The number of esters is 1. The second-order valence-corrected chi connectivity index (χ2v) is 16.8. The Bertz CT molecular complexity index is 1910. The molecule has 5 atom stereocenters. The van der Waals surface area contributed by atoms with E-state index in [0.29, 0.717) is 24.0 Å². The number of likely N-dealkylation sites (tertiary alicyclic amines) is 1. The zero-order valence-electron chi connectivity index (χ0n) is 31.0. The van der Waals surface area contributed by atoms with Crippen molar-refractivity contribution < 1.29 is 55.8 Å². The molecule has 18 heteroatoms. The number of benzene rings is 1. The van der Waals surface area contributed by atoms with Crippen molar-refractivity contribution in [3.8, 4) is 0 Å². The Morgan fingerprint density at radius 3 is 2.45 bits per heavy atom. The fourth-order valence-corrected chi connectivity index (χ4v) is 7.77. The first-order valence-electron chi connectivity index (χ1n) is 17.9. The van der Waals surface area contributed by atoms with Crippen molar-refractivity contribution >= 4 is 45.9 Å². The van der Waals surface area contributed by atoms with Crippen LogP contribution in [-0.4, -0.2) is 102 Å². The van der Waals surface area contributed by atoms with Gasteiger partial charge in [-0.2, -0.15) is 0 Å². The molecular weight excluding hydrogens is 741 g/mol. The van der Waals surface area contributed by atoms with E-state index >= 15 is 0 Å². The van der Waals surface area contributed by atoms with Gasteiger partial charge < -0.3 is 29.7 Å². The average molecular weight is 788 g/mol. The molecule has 2 aliphatic carbocycles. The first-order valence-corrected chi connectivity index (χ1v) is 19.4. The number of ether oxygens (including phenoxy) is 3. The third-order valence-corrected chi connectivity index (χ3v) is 11.3. The van der Waals surface area contributed by atoms with Crippen LogP contribution in [0.3, 0.4) is 0 Å². The van der Waals surface area contributed by atoms with Gasteiger partial charge in [0.15, 0.2) is 0 Å². The van der Waals surface area contributed by atoms with Crippen LogP contribution in [0.15, 0.2) is 55.2 Å². The van der Waals surface area contributed by atoms with Crippen LogP contribution < -0.4 is 15.4 Å². The molecule has 5 rings (SSSR count). The molecule has 0 bridgehead atoms. The predicted octanol–water partition coefficient (Wildman–Crippen LogP) is 2.49. The number of nitrogens with zero attached hydrogens (tertiary/aromatic N) is 2. The van der Waals surface area contributed by atoms with Gasteiger partial charge in [-0.1, -0.05) is 36.4 Å². The van der Waals surface area contributed by atoms with Gasteiger partial charge in [-0.05, 0) is 58.6 Å². The number of hydrogen-bond donors (Lipinski definition) is 3. The number of halogens is 1. The smallest absolute Gasteiger partial charge is 0.410 e. The number of rotatable bonds is 13. The minimum absolute atomic E-state index is 0.0267.